The highest BCUT2D eigenvalue weighted by Crippen LogP contribution is 2.26. The predicted molar refractivity (Wildman–Crippen MR) is 76.7 cm³/mol. The molecule has 0 heterocycles. The summed E-state index contributed by atoms with van der Waals surface area (Å²) in [5.41, 5.74) is 3.92. The van der Waals surface area contributed by atoms with E-state index in [-0.39, 0.29) is 0 Å². The summed E-state index contributed by atoms with van der Waals surface area (Å²) in [7, 11) is 0. The monoisotopic (exact) mass is 314 g/mol. The van der Waals surface area contributed by atoms with Gasteiger partial charge in [-0.1, -0.05) is 35.7 Å². The number of aliphatic hydroxyl groups is 1. The van der Waals surface area contributed by atoms with Crippen molar-refractivity contribution in [1.82, 2.24) is 5.43 Å². The van der Waals surface area contributed by atoms with E-state index in [4.69, 9.17) is 11.7 Å². The number of benzene rings is 1. The number of amidine groups is 1. The van der Waals surface area contributed by atoms with E-state index < -0.39 is 6.10 Å². The van der Waals surface area contributed by atoms with Crippen molar-refractivity contribution >= 4 is 21.8 Å². The fourth-order valence-corrected chi connectivity index (χ4v) is 2.14. The Bertz CT molecular complexity index is 423. The molecule has 0 fully saturated rings. The second-order valence-electron chi connectivity index (χ2n) is 4.01. The molecule has 6 N–H and O–H groups in total. The fourth-order valence-electron chi connectivity index (χ4n) is 1.76. The first-order valence-electron chi connectivity index (χ1n) is 5.86. The summed E-state index contributed by atoms with van der Waals surface area (Å²) < 4.78 is 0.894. The summed E-state index contributed by atoms with van der Waals surface area (Å²) in [5, 5.41) is 13.8. The zero-order chi connectivity index (χ0) is 13.5. The van der Waals surface area contributed by atoms with E-state index in [0.29, 0.717) is 17.8 Å². The van der Waals surface area contributed by atoms with Gasteiger partial charge >= 0.3 is 0 Å². The highest BCUT2D eigenvalue weighted by atomic mass is 79.9. The molecule has 0 bridgehead atoms. The quantitative estimate of drug-likeness (QED) is 0.288. The van der Waals surface area contributed by atoms with E-state index in [1.807, 2.05) is 18.2 Å². The number of hydrazine groups is 1. The molecule has 0 aliphatic rings. The number of nitrogens with two attached hydrogens (primary N) is 2. The van der Waals surface area contributed by atoms with Crippen molar-refractivity contribution < 1.29 is 5.11 Å². The fraction of sp³-hybridized carbons (Fsp3) is 0.417. The molecule has 0 saturated carbocycles. The van der Waals surface area contributed by atoms with E-state index in [2.05, 4.69) is 33.4 Å². The number of unbranched alkanes of at least 4 members (excludes halogenated alkanes) is 1. The minimum absolute atomic E-state index is 0.355. The van der Waals surface area contributed by atoms with Crippen LogP contribution in [-0.2, 0) is 0 Å². The molecular formula is C12H19BrN4O. The van der Waals surface area contributed by atoms with Gasteiger partial charge in [0.05, 0.1) is 6.10 Å². The third kappa shape index (κ3) is 3.69. The molecule has 6 heteroatoms. The SMILES string of the molecule is CCCCC(O)c1cc(Br)ccc1/C(=N/N)NN. The first-order chi connectivity index (χ1) is 8.63. The van der Waals surface area contributed by atoms with Crippen LogP contribution in [0.4, 0.5) is 0 Å². The van der Waals surface area contributed by atoms with Crippen molar-refractivity contribution in [3.8, 4) is 0 Å². The van der Waals surface area contributed by atoms with Gasteiger partial charge in [-0.3, -0.25) is 0 Å². The van der Waals surface area contributed by atoms with Crippen LogP contribution in [0, 0.1) is 0 Å². The molecule has 1 unspecified atom stereocenters. The van der Waals surface area contributed by atoms with Gasteiger partial charge in [0.25, 0.3) is 0 Å². The highest BCUT2D eigenvalue weighted by molar-refractivity contribution is 9.10. The molecule has 1 aromatic carbocycles. The van der Waals surface area contributed by atoms with Crippen molar-refractivity contribution in [3.05, 3.63) is 33.8 Å². The van der Waals surface area contributed by atoms with Gasteiger partial charge in [0, 0.05) is 10.0 Å². The molecule has 0 radical (unpaired) electrons. The van der Waals surface area contributed by atoms with Crippen molar-refractivity contribution in [2.75, 3.05) is 0 Å². The number of nitrogens with one attached hydrogen (secondary N) is 1. The van der Waals surface area contributed by atoms with Gasteiger partial charge in [-0.05, 0) is 30.2 Å². The van der Waals surface area contributed by atoms with Crippen LogP contribution in [-0.4, -0.2) is 10.9 Å². The summed E-state index contributed by atoms with van der Waals surface area (Å²) in [4.78, 5) is 0. The number of hydrogen-bond acceptors (Lipinski definition) is 4. The lowest BCUT2D eigenvalue weighted by Gasteiger charge is -2.16. The Labute approximate surface area is 115 Å². The number of hydrogen-bond donors (Lipinski definition) is 4. The van der Waals surface area contributed by atoms with E-state index in [1.165, 1.54) is 0 Å². The summed E-state index contributed by atoms with van der Waals surface area (Å²) in [6.45, 7) is 2.09. The van der Waals surface area contributed by atoms with E-state index in [0.717, 1.165) is 22.9 Å². The standard InChI is InChI=1S/C12H19BrN4O/c1-2-3-4-11(18)10-7-8(13)5-6-9(10)12(16-14)17-15/h5-7,11,18H,2-4,14-15H2,1H3,(H,16,17). The molecule has 5 nitrogen and oxygen atoms in total. The van der Waals surface area contributed by atoms with Crippen LogP contribution in [0.15, 0.2) is 27.8 Å². The molecule has 1 rings (SSSR count). The zero-order valence-corrected chi connectivity index (χ0v) is 11.9. The summed E-state index contributed by atoms with van der Waals surface area (Å²) in [6.07, 6.45) is 2.14. The maximum absolute atomic E-state index is 10.2. The van der Waals surface area contributed by atoms with Crippen molar-refractivity contribution in [2.45, 2.75) is 32.3 Å². The highest BCUT2D eigenvalue weighted by Gasteiger charge is 2.16. The second-order valence-corrected chi connectivity index (χ2v) is 4.93. The Morgan fingerprint density at radius 3 is 2.83 bits per heavy atom. The molecule has 100 valence electrons. The molecule has 18 heavy (non-hydrogen) atoms. The van der Waals surface area contributed by atoms with Crippen molar-refractivity contribution in [1.29, 1.82) is 0 Å². The third-order valence-electron chi connectivity index (χ3n) is 2.72. The molecule has 0 aliphatic carbocycles. The topological polar surface area (TPSA) is 96.7 Å². The summed E-state index contributed by atoms with van der Waals surface area (Å²) >= 11 is 3.39. The average molecular weight is 315 g/mol. The Morgan fingerprint density at radius 2 is 2.28 bits per heavy atom. The van der Waals surface area contributed by atoms with Crippen molar-refractivity contribution in [2.24, 2.45) is 16.8 Å². The normalized spacial score (nSPS) is 13.4. The van der Waals surface area contributed by atoms with Crippen LogP contribution in [0.3, 0.4) is 0 Å². The lowest BCUT2D eigenvalue weighted by Crippen LogP contribution is -2.33. The molecule has 0 spiro atoms. The first kappa shape index (κ1) is 14.9. The van der Waals surface area contributed by atoms with E-state index in [1.54, 1.807) is 0 Å². The third-order valence-corrected chi connectivity index (χ3v) is 3.22. The van der Waals surface area contributed by atoms with Gasteiger partial charge in [-0.25, -0.2) is 5.84 Å². The number of hydrazone groups is 1. The minimum Gasteiger partial charge on any atom is -0.388 e. The first-order valence-corrected chi connectivity index (χ1v) is 6.65. The maximum atomic E-state index is 10.2. The molecule has 0 aromatic heterocycles. The number of halogens is 1. The van der Waals surface area contributed by atoms with Gasteiger partial charge in [-0.2, -0.15) is 5.10 Å². The summed E-state index contributed by atoms with van der Waals surface area (Å²) in [5.74, 6) is 11.0. The van der Waals surface area contributed by atoms with Crippen molar-refractivity contribution in [3.63, 3.8) is 0 Å². The van der Waals surface area contributed by atoms with Gasteiger partial charge < -0.3 is 16.4 Å². The molecule has 1 aromatic rings. The average Bonchev–Trinajstić information content (AvgIpc) is 2.38. The van der Waals surface area contributed by atoms with Gasteiger partial charge in [0.1, 0.15) is 0 Å². The zero-order valence-electron chi connectivity index (χ0n) is 10.4. The molecule has 0 aliphatic heterocycles. The van der Waals surface area contributed by atoms with Gasteiger partial charge in [0.15, 0.2) is 5.84 Å². The molecule has 1 atom stereocenters. The second kappa shape index (κ2) is 7.35. The van der Waals surface area contributed by atoms with Gasteiger partial charge in [0.2, 0.25) is 0 Å². The smallest absolute Gasteiger partial charge is 0.167 e. The van der Waals surface area contributed by atoms with Crippen LogP contribution in [0.2, 0.25) is 0 Å². The van der Waals surface area contributed by atoms with E-state index in [9.17, 15) is 5.11 Å². The number of nitrogens with zero attached hydrogens (tertiary/aromatic N) is 1. The van der Waals surface area contributed by atoms with E-state index >= 15 is 0 Å². The Morgan fingerprint density at radius 1 is 1.56 bits per heavy atom. The minimum atomic E-state index is -0.553. The lowest BCUT2D eigenvalue weighted by molar-refractivity contribution is 0.164. The number of rotatable bonds is 5. The van der Waals surface area contributed by atoms with Gasteiger partial charge in [-0.15, -0.1) is 0 Å². The molecule has 0 saturated heterocycles. The molecule has 0 amide bonds. The lowest BCUT2D eigenvalue weighted by atomic mass is 9.98. The number of aliphatic hydroxyl groups excluding tert-OH is 1. The van der Waals surface area contributed by atoms with Crippen LogP contribution < -0.4 is 17.1 Å². The van der Waals surface area contributed by atoms with Crippen LogP contribution in [0.25, 0.3) is 0 Å². The predicted octanol–water partition coefficient (Wildman–Crippen LogP) is 1.76. The maximum Gasteiger partial charge on any atom is 0.167 e. The summed E-state index contributed by atoms with van der Waals surface area (Å²) in [6, 6.07) is 5.53. The Hall–Kier alpha value is -1.11. The van der Waals surface area contributed by atoms with Crippen LogP contribution >= 0.6 is 15.9 Å². The Kier molecular flexibility index (Phi) is 6.11. The van der Waals surface area contributed by atoms with Crippen LogP contribution in [0.5, 0.6) is 0 Å². The Balaban J connectivity index is 3.10. The van der Waals surface area contributed by atoms with Crippen LogP contribution in [0.1, 0.15) is 43.4 Å². The largest absolute Gasteiger partial charge is 0.388 e. The molecular weight excluding hydrogens is 296 g/mol.